The number of anilines is 1. The third-order valence-electron chi connectivity index (χ3n) is 6.07. The maximum absolute atomic E-state index is 13.7. The molecule has 3 amide bonds. The van der Waals surface area contributed by atoms with Crippen LogP contribution in [-0.2, 0) is 16.1 Å². The molecule has 0 N–H and O–H groups in total. The second-order valence-corrected chi connectivity index (χ2v) is 8.44. The fourth-order valence-corrected chi connectivity index (χ4v) is 4.32. The minimum absolute atomic E-state index is 0.105. The zero-order chi connectivity index (χ0) is 24.5. The Labute approximate surface area is 201 Å². The number of hydrogen-bond acceptors (Lipinski definition) is 6. The highest BCUT2D eigenvalue weighted by Crippen LogP contribution is 2.34. The van der Waals surface area contributed by atoms with Gasteiger partial charge in [0, 0.05) is 12.1 Å². The van der Waals surface area contributed by atoms with Gasteiger partial charge in [0.05, 0.1) is 23.7 Å². The summed E-state index contributed by atoms with van der Waals surface area (Å²) >= 11 is 0. The molecule has 8 nitrogen and oxygen atoms in total. The molecule has 1 atom stereocenters. The zero-order valence-corrected chi connectivity index (χ0v) is 18.9. The van der Waals surface area contributed by atoms with Crippen molar-refractivity contribution in [3.63, 3.8) is 0 Å². The number of carbonyl (C=O) groups is 3. The molecule has 1 saturated heterocycles. The summed E-state index contributed by atoms with van der Waals surface area (Å²) in [7, 11) is 0. The van der Waals surface area contributed by atoms with Crippen LogP contribution in [0.4, 0.5) is 5.69 Å². The summed E-state index contributed by atoms with van der Waals surface area (Å²) in [5, 5.41) is 9.04. The molecule has 2 heterocycles. The summed E-state index contributed by atoms with van der Waals surface area (Å²) < 4.78 is 10.8. The topological polar surface area (TPSA) is 99.9 Å². The monoisotopic (exact) mass is 467 g/mol. The molecule has 0 bridgehead atoms. The number of benzene rings is 3. The maximum Gasteiger partial charge on any atom is 0.257 e. The van der Waals surface area contributed by atoms with Crippen molar-refractivity contribution in [3.8, 4) is 17.6 Å². The van der Waals surface area contributed by atoms with Crippen molar-refractivity contribution in [1.29, 1.82) is 5.26 Å². The van der Waals surface area contributed by atoms with E-state index in [-0.39, 0.29) is 25.7 Å². The quantitative estimate of drug-likeness (QED) is 0.532. The van der Waals surface area contributed by atoms with Gasteiger partial charge in [-0.3, -0.25) is 14.4 Å². The highest BCUT2D eigenvalue weighted by Gasteiger charge is 2.44. The van der Waals surface area contributed by atoms with Crippen LogP contribution in [0.5, 0.6) is 11.5 Å². The Morgan fingerprint density at radius 1 is 1.06 bits per heavy atom. The van der Waals surface area contributed by atoms with Crippen molar-refractivity contribution in [2.45, 2.75) is 25.9 Å². The number of nitriles is 1. The Bertz CT molecular complexity index is 1380. The van der Waals surface area contributed by atoms with Gasteiger partial charge in [0.1, 0.15) is 6.04 Å². The lowest BCUT2D eigenvalue weighted by atomic mass is 10.1. The fourth-order valence-electron chi connectivity index (χ4n) is 4.32. The lowest BCUT2D eigenvalue weighted by Crippen LogP contribution is -2.45. The summed E-state index contributed by atoms with van der Waals surface area (Å²) in [4.78, 5) is 42.6. The predicted octanol–water partition coefficient (Wildman–Crippen LogP) is 3.57. The van der Waals surface area contributed by atoms with Crippen molar-refractivity contribution < 1.29 is 23.9 Å². The maximum atomic E-state index is 13.7. The van der Waals surface area contributed by atoms with Crippen molar-refractivity contribution in [2.24, 2.45) is 0 Å². The molecule has 2 aliphatic rings. The van der Waals surface area contributed by atoms with Crippen LogP contribution in [-0.4, -0.2) is 35.5 Å². The number of nitrogens with zero attached hydrogens (tertiary/aromatic N) is 3. The number of carbonyl (C=O) groups excluding carboxylic acids is 3. The van der Waals surface area contributed by atoms with E-state index in [0.717, 1.165) is 16.0 Å². The normalized spacial score (nSPS) is 16.3. The highest BCUT2D eigenvalue weighted by molar-refractivity contribution is 6.23. The van der Waals surface area contributed by atoms with Crippen LogP contribution >= 0.6 is 0 Å². The average molecular weight is 467 g/mol. The molecule has 35 heavy (non-hydrogen) atoms. The molecule has 1 fully saturated rings. The first-order valence-electron chi connectivity index (χ1n) is 11.1. The molecular weight excluding hydrogens is 446 g/mol. The van der Waals surface area contributed by atoms with Gasteiger partial charge in [-0.1, -0.05) is 23.8 Å². The Kier molecular flexibility index (Phi) is 5.67. The van der Waals surface area contributed by atoms with Gasteiger partial charge in [-0.2, -0.15) is 5.26 Å². The van der Waals surface area contributed by atoms with E-state index in [2.05, 4.69) is 0 Å². The number of imide groups is 1. The summed E-state index contributed by atoms with van der Waals surface area (Å²) in [6, 6.07) is 19.7. The molecule has 3 aromatic carbocycles. The molecule has 0 radical (unpaired) electrons. The Morgan fingerprint density at radius 2 is 1.83 bits per heavy atom. The molecule has 0 spiro atoms. The first-order chi connectivity index (χ1) is 16.9. The van der Waals surface area contributed by atoms with E-state index in [1.54, 1.807) is 54.6 Å². The number of rotatable bonds is 5. The second-order valence-electron chi connectivity index (χ2n) is 8.44. The lowest BCUT2D eigenvalue weighted by Gasteiger charge is -2.28. The molecule has 174 valence electrons. The van der Waals surface area contributed by atoms with Crippen LogP contribution in [0.1, 0.15) is 33.5 Å². The fraction of sp³-hybridized carbons (Fsp3) is 0.185. The van der Waals surface area contributed by atoms with E-state index < -0.39 is 17.9 Å². The van der Waals surface area contributed by atoms with Gasteiger partial charge in [0.25, 0.3) is 11.8 Å². The number of aryl methyl sites for hydroxylation is 1. The van der Waals surface area contributed by atoms with Gasteiger partial charge in [-0.05, 0) is 61.0 Å². The second kappa shape index (κ2) is 8.95. The van der Waals surface area contributed by atoms with Crippen molar-refractivity contribution in [2.75, 3.05) is 11.7 Å². The van der Waals surface area contributed by atoms with Gasteiger partial charge < -0.3 is 14.4 Å². The largest absolute Gasteiger partial charge is 0.454 e. The van der Waals surface area contributed by atoms with Gasteiger partial charge in [0.2, 0.25) is 12.7 Å². The summed E-state index contributed by atoms with van der Waals surface area (Å²) in [6.45, 7) is 2.12. The van der Waals surface area contributed by atoms with Crippen molar-refractivity contribution in [1.82, 2.24) is 4.90 Å². The molecule has 2 aliphatic heterocycles. The SMILES string of the molecule is Cc1cccc(C(=O)N(Cc2ccc3c(c2)OCO3)C2CC(=O)N(c3ccc(C#N)cc3)C2=O)c1. The number of fused-ring (bicyclic) bond motifs is 1. The Hall–Kier alpha value is -4.64. The smallest absolute Gasteiger partial charge is 0.257 e. The van der Waals surface area contributed by atoms with Crippen LogP contribution in [0.15, 0.2) is 66.7 Å². The van der Waals surface area contributed by atoms with E-state index in [4.69, 9.17) is 14.7 Å². The van der Waals surface area contributed by atoms with E-state index in [0.29, 0.717) is 28.3 Å². The first-order valence-corrected chi connectivity index (χ1v) is 11.1. The standard InChI is InChI=1S/C27H21N3O5/c1-17-3-2-4-20(11-17)26(32)29(15-19-7-10-23-24(12-19)35-16-34-23)22-13-25(31)30(27(22)33)21-8-5-18(14-28)6-9-21/h2-12,22H,13,15-16H2,1H3. The molecule has 0 saturated carbocycles. The molecule has 5 rings (SSSR count). The van der Waals surface area contributed by atoms with E-state index in [1.165, 1.54) is 4.90 Å². The lowest BCUT2D eigenvalue weighted by molar-refractivity contribution is -0.122. The van der Waals surface area contributed by atoms with Crippen LogP contribution in [0.25, 0.3) is 0 Å². The summed E-state index contributed by atoms with van der Waals surface area (Å²) in [5.74, 6) is -0.0546. The van der Waals surface area contributed by atoms with Gasteiger partial charge >= 0.3 is 0 Å². The minimum Gasteiger partial charge on any atom is -0.454 e. The summed E-state index contributed by atoms with van der Waals surface area (Å²) in [6.07, 6.45) is -0.138. The number of amides is 3. The van der Waals surface area contributed by atoms with E-state index >= 15 is 0 Å². The Balaban J connectivity index is 1.49. The molecule has 8 heteroatoms. The minimum atomic E-state index is -0.975. The third kappa shape index (κ3) is 4.20. The molecule has 3 aromatic rings. The summed E-state index contributed by atoms with van der Waals surface area (Å²) in [5.41, 5.74) is 2.87. The van der Waals surface area contributed by atoms with Crippen molar-refractivity contribution >= 4 is 23.4 Å². The zero-order valence-electron chi connectivity index (χ0n) is 18.9. The average Bonchev–Trinajstić information content (AvgIpc) is 3.45. The van der Waals surface area contributed by atoms with Crippen LogP contribution in [0.2, 0.25) is 0 Å². The van der Waals surface area contributed by atoms with Crippen LogP contribution in [0, 0.1) is 18.3 Å². The third-order valence-corrected chi connectivity index (χ3v) is 6.07. The highest BCUT2D eigenvalue weighted by atomic mass is 16.7. The van der Waals surface area contributed by atoms with Crippen LogP contribution in [0.3, 0.4) is 0 Å². The molecule has 0 aliphatic carbocycles. The predicted molar refractivity (Wildman–Crippen MR) is 126 cm³/mol. The number of ether oxygens (including phenoxy) is 2. The molecular formula is C27H21N3O5. The first kappa shape index (κ1) is 22.2. The number of hydrogen-bond donors (Lipinski definition) is 0. The van der Waals surface area contributed by atoms with Crippen LogP contribution < -0.4 is 14.4 Å². The van der Waals surface area contributed by atoms with Gasteiger partial charge in [0.15, 0.2) is 11.5 Å². The molecule has 0 aromatic heterocycles. The molecule has 1 unspecified atom stereocenters. The Morgan fingerprint density at radius 3 is 2.57 bits per heavy atom. The van der Waals surface area contributed by atoms with Gasteiger partial charge in [-0.15, -0.1) is 0 Å². The van der Waals surface area contributed by atoms with E-state index in [1.807, 2.05) is 25.1 Å². The van der Waals surface area contributed by atoms with Gasteiger partial charge in [-0.25, -0.2) is 4.90 Å². The van der Waals surface area contributed by atoms with Crippen molar-refractivity contribution in [3.05, 3.63) is 89.0 Å². The van der Waals surface area contributed by atoms with E-state index in [9.17, 15) is 14.4 Å².